The third kappa shape index (κ3) is 2.75. The molecule has 136 valence electrons. The molecule has 4 rings (SSSR count). The Bertz CT molecular complexity index is 669. The monoisotopic (exact) mass is 348 g/mol. The number of epoxide rings is 1. The van der Waals surface area contributed by atoms with E-state index in [2.05, 4.69) is 6.58 Å². The molecule has 4 aliphatic heterocycles. The second-order valence-corrected chi connectivity index (χ2v) is 8.30. The number of ketones is 2. The molecule has 0 saturated carbocycles. The minimum absolute atomic E-state index is 0.00773. The fraction of sp³-hybridized carbons (Fsp3) is 0.737. The molecule has 0 spiro atoms. The number of rotatable bonds is 1. The van der Waals surface area contributed by atoms with Gasteiger partial charge in [0.25, 0.3) is 0 Å². The average molecular weight is 348 g/mol. The van der Waals surface area contributed by atoms with Gasteiger partial charge in [-0.2, -0.15) is 0 Å². The summed E-state index contributed by atoms with van der Waals surface area (Å²) in [4.78, 5) is 37.1. The van der Waals surface area contributed by atoms with Gasteiger partial charge in [0.15, 0.2) is 11.4 Å². The molecule has 0 amide bonds. The van der Waals surface area contributed by atoms with Crippen LogP contribution in [-0.2, 0) is 28.6 Å². The van der Waals surface area contributed by atoms with E-state index in [9.17, 15) is 14.4 Å². The first kappa shape index (κ1) is 16.9. The highest BCUT2D eigenvalue weighted by Crippen LogP contribution is 2.53. The third-order valence-corrected chi connectivity index (χ3v) is 6.10. The van der Waals surface area contributed by atoms with Crippen molar-refractivity contribution in [1.82, 2.24) is 0 Å². The van der Waals surface area contributed by atoms with Crippen LogP contribution in [0.3, 0.4) is 0 Å². The van der Waals surface area contributed by atoms with Crippen LogP contribution in [-0.4, -0.2) is 47.0 Å². The van der Waals surface area contributed by atoms with Crippen LogP contribution >= 0.6 is 0 Å². The smallest absolute Gasteiger partial charge is 0.341 e. The van der Waals surface area contributed by atoms with Gasteiger partial charge in [-0.15, -0.1) is 0 Å². The molecular formula is C19H24O6. The molecule has 0 unspecified atom stereocenters. The van der Waals surface area contributed by atoms with E-state index in [4.69, 9.17) is 14.2 Å². The lowest BCUT2D eigenvalue weighted by Crippen LogP contribution is -2.33. The number of allylic oxidation sites excluding steroid dienone is 1. The van der Waals surface area contributed by atoms with Crippen molar-refractivity contribution in [3.05, 3.63) is 12.2 Å². The van der Waals surface area contributed by atoms with Gasteiger partial charge in [0.2, 0.25) is 0 Å². The zero-order valence-corrected chi connectivity index (χ0v) is 14.7. The second kappa shape index (κ2) is 5.48. The Balaban J connectivity index is 1.62. The summed E-state index contributed by atoms with van der Waals surface area (Å²) >= 11 is 0. The fourth-order valence-corrected chi connectivity index (χ4v) is 4.59. The van der Waals surface area contributed by atoms with E-state index in [1.54, 1.807) is 0 Å². The number of hydrogen-bond acceptors (Lipinski definition) is 6. The van der Waals surface area contributed by atoms with Crippen molar-refractivity contribution in [3.63, 3.8) is 0 Å². The summed E-state index contributed by atoms with van der Waals surface area (Å²) in [5, 5.41) is 0. The van der Waals surface area contributed by atoms with E-state index in [1.165, 1.54) is 0 Å². The maximum absolute atomic E-state index is 12.5. The van der Waals surface area contributed by atoms with Gasteiger partial charge in [-0.25, -0.2) is 4.79 Å². The van der Waals surface area contributed by atoms with Crippen molar-refractivity contribution in [2.24, 2.45) is 5.92 Å². The molecule has 6 nitrogen and oxygen atoms in total. The van der Waals surface area contributed by atoms with Crippen molar-refractivity contribution in [1.29, 1.82) is 0 Å². The zero-order chi connectivity index (χ0) is 18.0. The van der Waals surface area contributed by atoms with Crippen LogP contribution in [0.5, 0.6) is 0 Å². The Kier molecular flexibility index (Phi) is 3.71. The average Bonchev–Trinajstić information content (AvgIpc) is 3.10. The molecule has 0 aliphatic carbocycles. The lowest BCUT2D eigenvalue weighted by molar-refractivity contribution is -0.158. The van der Waals surface area contributed by atoms with Crippen molar-refractivity contribution in [2.45, 2.75) is 81.9 Å². The maximum Gasteiger partial charge on any atom is 0.341 e. The van der Waals surface area contributed by atoms with Gasteiger partial charge in [0.05, 0.1) is 5.60 Å². The van der Waals surface area contributed by atoms with E-state index in [-0.39, 0.29) is 48.5 Å². The Morgan fingerprint density at radius 2 is 1.96 bits per heavy atom. The van der Waals surface area contributed by atoms with Gasteiger partial charge in [-0.1, -0.05) is 12.2 Å². The van der Waals surface area contributed by atoms with Gasteiger partial charge in [-0.05, 0) is 32.6 Å². The van der Waals surface area contributed by atoms with Crippen molar-refractivity contribution in [3.8, 4) is 0 Å². The number of carbonyl (C=O) groups is 3. The molecule has 4 heterocycles. The zero-order valence-electron chi connectivity index (χ0n) is 14.7. The molecular weight excluding hydrogens is 324 g/mol. The predicted octanol–water partition coefficient (Wildman–Crippen LogP) is 1.89. The summed E-state index contributed by atoms with van der Waals surface area (Å²) in [6.45, 7) is 7.72. The lowest BCUT2D eigenvalue weighted by atomic mass is 9.84. The normalized spacial score (nSPS) is 46.6. The first-order valence-electron chi connectivity index (χ1n) is 8.99. The molecule has 4 aliphatic rings. The first-order valence-corrected chi connectivity index (χ1v) is 8.99. The van der Waals surface area contributed by atoms with Crippen LogP contribution in [0.4, 0.5) is 0 Å². The van der Waals surface area contributed by atoms with E-state index in [1.807, 2.05) is 13.8 Å². The van der Waals surface area contributed by atoms with Gasteiger partial charge >= 0.3 is 5.97 Å². The Hall–Kier alpha value is -1.53. The van der Waals surface area contributed by atoms with Crippen molar-refractivity contribution in [2.75, 3.05) is 0 Å². The van der Waals surface area contributed by atoms with E-state index in [0.717, 1.165) is 5.57 Å². The van der Waals surface area contributed by atoms with Crippen molar-refractivity contribution < 1.29 is 28.6 Å². The number of Topliss-reactive ketones (excluding diaryl/α,β-unsaturated/α-hetero) is 2. The van der Waals surface area contributed by atoms with Crippen LogP contribution in [0, 0.1) is 5.92 Å². The quantitative estimate of drug-likeness (QED) is 0.409. The summed E-state index contributed by atoms with van der Waals surface area (Å²) in [6.07, 6.45) is 0.945. The maximum atomic E-state index is 12.5. The Morgan fingerprint density at radius 1 is 1.20 bits per heavy atom. The van der Waals surface area contributed by atoms with Crippen LogP contribution in [0.2, 0.25) is 0 Å². The summed E-state index contributed by atoms with van der Waals surface area (Å²) in [5.74, 6) is -0.390. The third-order valence-electron chi connectivity index (χ3n) is 6.10. The first-order chi connectivity index (χ1) is 11.7. The number of ether oxygens (including phenoxy) is 3. The number of esters is 1. The highest BCUT2D eigenvalue weighted by Gasteiger charge is 2.73. The molecule has 0 aromatic heterocycles. The van der Waals surface area contributed by atoms with Crippen LogP contribution in [0.1, 0.15) is 52.4 Å². The SMILES string of the molecule is C=C(C)[C@H]1CC[C@@]23O[C@@H]2[C@@H](C[C@@]2(C)CC(=O)[C@@H](CC(=O)C1)O2)OC3=O. The minimum Gasteiger partial charge on any atom is -0.457 e. The Labute approximate surface area is 146 Å². The molecule has 4 saturated heterocycles. The highest BCUT2D eigenvalue weighted by molar-refractivity contribution is 5.92. The molecule has 0 aromatic carbocycles. The molecule has 25 heavy (non-hydrogen) atoms. The summed E-state index contributed by atoms with van der Waals surface area (Å²) in [6, 6.07) is 0. The topological polar surface area (TPSA) is 82.2 Å². The molecule has 0 aromatic rings. The van der Waals surface area contributed by atoms with Crippen LogP contribution < -0.4 is 0 Å². The van der Waals surface area contributed by atoms with Gasteiger partial charge in [-0.3, -0.25) is 9.59 Å². The summed E-state index contributed by atoms with van der Waals surface area (Å²) in [7, 11) is 0. The van der Waals surface area contributed by atoms with E-state index >= 15 is 0 Å². The molecule has 6 heteroatoms. The lowest BCUT2D eigenvalue weighted by Gasteiger charge is -2.27. The van der Waals surface area contributed by atoms with Gasteiger partial charge < -0.3 is 14.2 Å². The van der Waals surface area contributed by atoms with Gasteiger partial charge in [0, 0.05) is 25.7 Å². The summed E-state index contributed by atoms with van der Waals surface area (Å²) in [5.41, 5.74) is -0.673. The standard InChI is InChI=1S/C19H24O6/c1-10(2)11-4-5-19-16(25-19)15(23-17(19)22)9-18(3)8-13(21)14(24-18)7-12(20)6-11/h11,14-16H,1,4-9H2,2-3H3/t11-,14+,15+,16+,18+,19+/m0/s1. The van der Waals surface area contributed by atoms with Crippen LogP contribution in [0.15, 0.2) is 12.2 Å². The number of fused-ring (bicyclic) bond motifs is 2. The van der Waals surface area contributed by atoms with E-state index in [0.29, 0.717) is 25.7 Å². The molecule has 4 fully saturated rings. The Morgan fingerprint density at radius 3 is 2.64 bits per heavy atom. The molecule has 4 bridgehead atoms. The van der Waals surface area contributed by atoms with Crippen LogP contribution in [0.25, 0.3) is 0 Å². The number of hydrogen-bond donors (Lipinski definition) is 0. The fourth-order valence-electron chi connectivity index (χ4n) is 4.59. The molecule has 6 atom stereocenters. The van der Waals surface area contributed by atoms with Crippen molar-refractivity contribution >= 4 is 17.5 Å². The highest BCUT2D eigenvalue weighted by atomic mass is 16.7. The second-order valence-electron chi connectivity index (χ2n) is 8.30. The predicted molar refractivity (Wildman–Crippen MR) is 86.8 cm³/mol. The van der Waals surface area contributed by atoms with E-state index < -0.39 is 17.3 Å². The summed E-state index contributed by atoms with van der Waals surface area (Å²) < 4.78 is 17.3. The van der Waals surface area contributed by atoms with Gasteiger partial charge in [0.1, 0.15) is 24.1 Å². The minimum atomic E-state index is -0.867. The molecule has 0 radical (unpaired) electrons. The largest absolute Gasteiger partial charge is 0.457 e. The number of carbonyl (C=O) groups excluding carboxylic acids is 3. The molecule has 0 N–H and O–H groups in total.